The first-order chi connectivity index (χ1) is 8.28. The van der Waals surface area contributed by atoms with Gasteiger partial charge in [-0.1, -0.05) is 24.4 Å². The molecule has 1 heterocycles. The van der Waals surface area contributed by atoms with Gasteiger partial charge in [-0.25, -0.2) is 4.98 Å². The van der Waals surface area contributed by atoms with Gasteiger partial charge >= 0.3 is 0 Å². The zero-order valence-corrected chi connectivity index (χ0v) is 10.3. The Balaban J connectivity index is 1.99. The van der Waals surface area contributed by atoms with Crippen LogP contribution in [0.25, 0.3) is 0 Å². The summed E-state index contributed by atoms with van der Waals surface area (Å²) in [5.74, 6) is 1.72. The summed E-state index contributed by atoms with van der Waals surface area (Å²) in [5.41, 5.74) is 1.17. The molecule has 1 aromatic carbocycles. The first-order valence-electron chi connectivity index (χ1n) is 5.19. The minimum Gasteiger partial charge on any atom is -0.497 e. The summed E-state index contributed by atoms with van der Waals surface area (Å²) in [6.45, 7) is 0.722. The zero-order valence-electron chi connectivity index (χ0n) is 9.43. The van der Waals surface area contributed by atoms with E-state index in [1.54, 1.807) is 19.5 Å². The Hall–Kier alpha value is -1.88. The summed E-state index contributed by atoms with van der Waals surface area (Å²) in [7, 11) is 1.66. The van der Waals surface area contributed by atoms with Crippen LogP contribution in [0.5, 0.6) is 5.75 Å². The zero-order chi connectivity index (χ0) is 12.1. The molecule has 0 atom stereocenters. The second-order valence-corrected chi connectivity index (χ2v) is 3.92. The van der Waals surface area contributed by atoms with Crippen LogP contribution >= 0.6 is 12.2 Å². The van der Waals surface area contributed by atoms with Crippen LogP contribution in [0.4, 0.5) is 5.82 Å². The van der Waals surface area contributed by atoms with E-state index in [1.807, 2.05) is 24.3 Å². The Kier molecular flexibility index (Phi) is 3.72. The molecule has 0 amide bonds. The van der Waals surface area contributed by atoms with Gasteiger partial charge in [0.05, 0.1) is 13.4 Å². The molecule has 0 unspecified atom stereocenters. The summed E-state index contributed by atoms with van der Waals surface area (Å²) in [6.07, 6.45) is 1.58. The number of hydrogen-bond donors (Lipinski definition) is 2. The van der Waals surface area contributed by atoms with E-state index < -0.39 is 0 Å². The lowest BCUT2D eigenvalue weighted by Crippen LogP contribution is -2.01. The summed E-state index contributed by atoms with van der Waals surface area (Å²) in [5, 5.41) is 3.24. The third kappa shape index (κ3) is 3.29. The SMILES string of the molecule is COc1ccc(CNc2cc(=S)nc[nH]2)cc1. The molecule has 2 N–H and O–H groups in total. The van der Waals surface area contributed by atoms with Crippen LogP contribution < -0.4 is 10.1 Å². The number of nitrogens with zero attached hydrogens (tertiary/aromatic N) is 1. The highest BCUT2D eigenvalue weighted by Crippen LogP contribution is 2.12. The van der Waals surface area contributed by atoms with Gasteiger partial charge in [0.25, 0.3) is 0 Å². The number of ether oxygens (including phenoxy) is 1. The van der Waals surface area contributed by atoms with Crippen molar-refractivity contribution in [2.24, 2.45) is 0 Å². The van der Waals surface area contributed by atoms with Crippen molar-refractivity contribution in [1.29, 1.82) is 0 Å². The minimum atomic E-state index is 0.570. The molecule has 0 radical (unpaired) electrons. The lowest BCUT2D eigenvalue weighted by atomic mass is 10.2. The highest BCUT2D eigenvalue weighted by atomic mass is 32.1. The normalized spacial score (nSPS) is 9.94. The number of benzene rings is 1. The summed E-state index contributed by atoms with van der Waals surface area (Å²) in [6, 6.07) is 9.69. The molecule has 0 spiro atoms. The first kappa shape index (κ1) is 11.6. The molecule has 0 aliphatic rings. The summed E-state index contributed by atoms with van der Waals surface area (Å²) in [4.78, 5) is 6.91. The van der Waals surface area contributed by atoms with Crippen molar-refractivity contribution < 1.29 is 4.74 Å². The van der Waals surface area contributed by atoms with Crippen molar-refractivity contribution in [2.75, 3.05) is 12.4 Å². The topological polar surface area (TPSA) is 49.9 Å². The predicted octanol–water partition coefficient (Wildman–Crippen LogP) is 2.76. The Bertz CT molecular complexity index is 536. The highest BCUT2D eigenvalue weighted by molar-refractivity contribution is 7.71. The molecule has 0 bridgehead atoms. The van der Waals surface area contributed by atoms with Crippen LogP contribution in [0, 0.1) is 4.64 Å². The highest BCUT2D eigenvalue weighted by Gasteiger charge is 1.95. The third-order valence-electron chi connectivity index (χ3n) is 2.32. The van der Waals surface area contributed by atoms with Gasteiger partial charge in [0.2, 0.25) is 0 Å². The average molecular weight is 247 g/mol. The van der Waals surface area contributed by atoms with Gasteiger partial charge in [0.1, 0.15) is 16.2 Å². The van der Waals surface area contributed by atoms with Crippen LogP contribution in [0.2, 0.25) is 0 Å². The van der Waals surface area contributed by atoms with Crippen molar-refractivity contribution in [3.8, 4) is 5.75 Å². The standard InChI is InChI=1S/C12H13N3OS/c1-16-10-4-2-9(3-5-10)7-13-11-6-12(17)15-8-14-11/h2-6,8H,7H2,1H3,(H2,13,14,15,17). The van der Waals surface area contributed by atoms with Crippen LogP contribution in [0.15, 0.2) is 36.7 Å². The molecular weight excluding hydrogens is 234 g/mol. The van der Waals surface area contributed by atoms with Gasteiger partial charge in [-0.05, 0) is 17.7 Å². The largest absolute Gasteiger partial charge is 0.497 e. The van der Waals surface area contributed by atoms with Gasteiger partial charge in [-0.2, -0.15) is 0 Å². The fourth-order valence-corrected chi connectivity index (χ4v) is 1.58. The number of anilines is 1. The molecule has 5 heteroatoms. The van der Waals surface area contributed by atoms with Gasteiger partial charge in [0.15, 0.2) is 0 Å². The fourth-order valence-electron chi connectivity index (χ4n) is 1.41. The van der Waals surface area contributed by atoms with E-state index >= 15 is 0 Å². The van der Waals surface area contributed by atoms with Crippen molar-refractivity contribution in [2.45, 2.75) is 6.54 Å². The van der Waals surface area contributed by atoms with Crippen LogP contribution in [-0.4, -0.2) is 17.1 Å². The maximum absolute atomic E-state index is 5.10. The van der Waals surface area contributed by atoms with E-state index in [4.69, 9.17) is 17.0 Å². The van der Waals surface area contributed by atoms with E-state index in [0.29, 0.717) is 4.64 Å². The maximum atomic E-state index is 5.10. The lowest BCUT2D eigenvalue weighted by Gasteiger charge is -2.06. The van der Waals surface area contributed by atoms with E-state index in [2.05, 4.69) is 15.3 Å². The lowest BCUT2D eigenvalue weighted by molar-refractivity contribution is 0.414. The van der Waals surface area contributed by atoms with Crippen LogP contribution in [0.1, 0.15) is 5.56 Å². The molecule has 1 aromatic heterocycles. The number of nitrogens with one attached hydrogen (secondary N) is 2. The Morgan fingerprint density at radius 1 is 1.35 bits per heavy atom. The first-order valence-corrected chi connectivity index (χ1v) is 5.60. The molecule has 0 aliphatic heterocycles. The molecule has 2 rings (SSSR count). The number of hydrogen-bond acceptors (Lipinski definition) is 4. The van der Waals surface area contributed by atoms with Gasteiger partial charge in [0, 0.05) is 12.6 Å². The molecule has 17 heavy (non-hydrogen) atoms. The molecule has 0 fully saturated rings. The summed E-state index contributed by atoms with van der Waals surface area (Å²) < 4.78 is 5.67. The molecule has 0 aliphatic carbocycles. The number of methoxy groups -OCH3 is 1. The molecular formula is C12H13N3OS. The monoisotopic (exact) mass is 247 g/mol. The van der Waals surface area contributed by atoms with Crippen LogP contribution in [0.3, 0.4) is 0 Å². The molecule has 2 aromatic rings. The van der Waals surface area contributed by atoms with E-state index in [9.17, 15) is 0 Å². The molecule has 88 valence electrons. The van der Waals surface area contributed by atoms with Crippen molar-refractivity contribution >= 4 is 18.0 Å². The number of aromatic amines is 1. The van der Waals surface area contributed by atoms with Gasteiger partial charge in [-0.3, -0.25) is 0 Å². The maximum Gasteiger partial charge on any atom is 0.131 e. The van der Waals surface area contributed by atoms with Crippen molar-refractivity contribution in [3.63, 3.8) is 0 Å². The van der Waals surface area contributed by atoms with Gasteiger partial charge in [-0.15, -0.1) is 0 Å². The van der Waals surface area contributed by atoms with E-state index in [1.165, 1.54) is 5.56 Å². The average Bonchev–Trinajstić information content (AvgIpc) is 2.37. The van der Waals surface area contributed by atoms with Crippen molar-refractivity contribution in [3.05, 3.63) is 46.9 Å². The Labute approximate surface area is 105 Å². The van der Waals surface area contributed by atoms with E-state index in [0.717, 1.165) is 18.1 Å². The summed E-state index contributed by atoms with van der Waals surface area (Å²) >= 11 is 4.98. The second kappa shape index (κ2) is 5.45. The number of aromatic nitrogens is 2. The smallest absolute Gasteiger partial charge is 0.131 e. The predicted molar refractivity (Wildman–Crippen MR) is 69.7 cm³/mol. The Morgan fingerprint density at radius 3 is 2.76 bits per heavy atom. The quantitative estimate of drug-likeness (QED) is 0.816. The van der Waals surface area contributed by atoms with Gasteiger partial charge < -0.3 is 15.0 Å². The number of rotatable bonds is 4. The fraction of sp³-hybridized carbons (Fsp3) is 0.167. The Morgan fingerprint density at radius 2 is 2.12 bits per heavy atom. The van der Waals surface area contributed by atoms with E-state index in [-0.39, 0.29) is 0 Å². The minimum absolute atomic E-state index is 0.570. The second-order valence-electron chi connectivity index (χ2n) is 3.50. The third-order valence-corrected chi connectivity index (χ3v) is 2.54. The van der Waals surface area contributed by atoms with Crippen molar-refractivity contribution in [1.82, 2.24) is 9.97 Å². The molecule has 0 saturated heterocycles. The molecule has 4 nitrogen and oxygen atoms in total. The number of H-pyrrole nitrogens is 1. The van der Waals surface area contributed by atoms with Crippen LogP contribution in [-0.2, 0) is 6.54 Å². The molecule has 0 saturated carbocycles.